The summed E-state index contributed by atoms with van der Waals surface area (Å²) in [7, 11) is 0. The molecule has 1 atom stereocenters. The van der Waals surface area contributed by atoms with Crippen LogP contribution in [0, 0.1) is 0 Å². The standard InChI is InChI=1S/C22H17NO3/c1-14(24)15-11-12-20(25)18(13-15)22(16-7-3-2-4-8-16)17-9-5-6-10-19(17)23-21(22)26/h2-13,25H,1H3,(H,23,26). The van der Waals surface area contributed by atoms with Crippen molar-refractivity contribution in [2.75, 3.05) is 5.32 Å². The number of Topliss-reactive ketones (excluding diaryl/α,β-unsaturated/α-hetero) is 1. The van der Waals surface area contributed by atoms with Gasteiger partial charge >= 0.3 is 0 Å². The quantitative estimate of drug-likeness (QED) is 0.709. The van der Waals surface area contributed by atoms with E-state index in [1.54, 1.807) is 12.1 Å². The molecule has 0 spiro atoms. The lowest BCUT2D eigenvalue weighted by Gasteiger charge is -2.30. The molecule has 4 nitrogen and oxygen atoms in total. The monoisotopic (exact) mass is 343 g/mol. The molecule has 2 N–H and O–H groups in total. The van der Waals surface area contributed by atoms with Crippen LogP contribution in [0.15, 0.2) is 72.8 Å². The van der Waals surface area contributed by atoms with Gasteiger partial charge in [-0.3, -0.25) is 9.59 Å². The summed E-state index contributed by atoms with van der Waals surface area (Å²) in [4.78, 5) is 25.2. The third-order valence-electron chi connectivity index (χ3n) is 4.93. The molecule has 3 aromatic rings. The van der Waals surface area contributed by atoms with Gasteiger partial charge in [0.2, 0.25) is 5.91 Å². The zero-order valence-corrected chi connectivity index (χ0v) is 14.2. The maximum atomic E-state index is 13.3. The molecule has 3 aromatic carbocycles. The number of benzene rings is 3. The van der Waals surface area contributed by atoms with E-state index < -0.39 is 5.41 Å². The Kier molecular flexibility index (Phi) is 3.62. The van der Waals surface area contributed by atoms with E-state index in [9.17, 15) is 14.7 Å². The molecule has 26 heavy (non-hydrogen) atoms. The number of hydrogen-bond donors (Lipinski definition) is 2. The van der Waals surface area contributed by atoms with E-state index in [0.29, 0.717) is 16.8 Å². The van der Waals surface area contributed by atoms with Crippen LogP contribution in [-0.4, -0.2) is 16.8 Å². The van der Waals surface area contributed by atoms with E-state index in [2.05, 4.69) is 5.32 Å². The van der Waals surface area contributed by atoms with Crippen molar-refractivity contribution in [3.8, 4) is 5.75 Å². The molecule has 4 heteroatoms. The fraction of sp³-hybridized carbons (Fsp3) is 0.0909. The van der Waals surface area contributed by atoms with Gasteiger partial charge in [0.1, 0.15) is 11.2 Å². The van der Waals surface area contributed by atoms with Gasteiger partial charge in [0, 0.05) is 22.4 Å². The van der Waals surface area contributed by atoms with Gasteiger partial charge in [0.15, 0.2) is 5.78 Å². The van der Waals surface area contributed by atoms with Gasteiger partial charge in [-0.25, -0.2) is 0 Å². The number of aromatic hydroxyl groups is 1. The Balaban J connectivity index is 2.12. The van der Waals surface area contributed by atoms with Gasteiger partial charge in [-0.15, -0.1) is 0 Å². The second-order valence-electron chi connectivity index (χ2n) is 6.40. The van der Waals surface area contributed by atoms with E-state index in [-0.39, 0.29) is 17.4 Å². The number of anilines is 1. The predicted molar refractivity (Wildman–Crippen MR) is 99.5 cm³/mol. The first-order valence-electron chi connectivity index (χ1n) is 8.36. The van der Waals surface area contributed by atoms with Crippen LogP contribution in [0.1, 0.15) is 34.0 Å². The maximum absolute atomic E-state index is 13.3. The fourth-order valence-corrected chi connectivity index (χ4v) is 3.71. The molecule has 0 fully saturated rings. The first kappa shape index (κ1) is 16.1. The Morgan fingerprint density at radius 2 is 1.62 bits per heavy atom. The van der Waals surface area contributed by atoms with Crippen LogP contribution in [0.3, 0.4) is 0 Å². The van der Waals surface area contributed by atoms with Crippen molar-refractivity contribution in [2.45, 2.75) is 12.3 Å². The SMILES string of the molecule is CC(=O)c1ccc(O)c(C2(c3ccccc3)C(=O)Nc3ccccc32)c1. The van der Waals surface area contributed by atoms with E-state index in [0.717, 1.165) is 11.1 Å². The van der Waals surface area contributed by atoms with Crippen molar-refractivity contribution in [3.05, 3.63) is 95.1 Å². The second kappa shape index (κ2) is 5.85. The predicted octanol–water partition coefficient (Wildman–Crippen LogP) is 3.88. The molecule has 0 saturated heterocycles. The topological polar surface area (TPSA) is 66.4 Å². The third kappa shape index (κ3) is 2.15. The fourth-order valence-electron chi connectivity index (χ4n) is 3.71. The zero-order valence-electron chi connectivity index (χ0n) is 14.2. The number of fused-ring (bicyclic) bond motifs is 1. The Labute approximate surface area is 151 Å². The Hall–Kier alpha value is -3.40. The number of carbonyl (C=O) groups excluding carboxylic acids is 2. The molecule has 0 radical (unpaired) electrons. The van der Waals surface area contributed by atoms with Crippen LogP contribution in [0.4, 0.5) is 5.69 Å². The highest BCUT2D eigenvalue weighted by Crippen LogP contribution is 2.50. The first-order chi connectivity index (χ1) is 12.5. The van der Waals surface area contributed by atoms with Crippen molar-refractivity contribution in [2.24, 2.45) is 0 Å². The van der Waals surface area contributed by atoms with E-state index in [4.69, 9.17) is 0 Å². The molecule has 1 aliphatic rings. The Morgan fingerprint density at radius 1 is 0.923 bits per heavy atom. The highest BCUT2D eigenvalue weighted by Gasteiger charge is 2.51. The van der Waals surface area contributed by atoms with Crippen LogP contribution >= 0.6 is 0 Å². The maximum Gasteiger partial charge on any atom is 0.244 e. The van der Waals surface area contributed by atoms with Gasteiger partial charge < -0.3 is 10.4 Å². The van der Waals surface area contributed by atoms with Gasteiger partial charge in [0.25, 0.3) is 0 Å². The number of nitrogens with one attached hydrogen (secondary N) is 1. The van der Waals surface area contributed by atoms with Gasteiger partial charge in [-0.05, 0) is 36.8 Å². The molecular weight excluding hydrogens is 326 g/mol. The average Bonchev–Trinajstić information content (AvgIpc) is 2.95. The van der Waals surface area contributed by atoms with Gasteiger partial charge in [-0.2, -0.15) is 0 Å². The highest BCUT2D eigenvalue weighted by atomic mass is 16.3. The second-order valence-corrected chi connectivity index (χ2v) is 6.40. The first-order valence-corrected chi connectivity index (χ1v) is 8.36. The number of carbonyl (C=O) groups is 2. The van der Waals surface area contributed by atoms with E-state index >= 15 is 0 Å². The number of para-hydroxylation sites is 1. The van der Waals surface area contributed by atoms with Crippen molar-refractivity contribution in [1.29, 1.82) is 0 Å². The molecule has 1 unspecified atom stereocenters. The molecular formula is C22H17NO3. The van der Waals surface area contributed by atoms with E-state index in [1.165, 1.54) is 13.0 Å². The molecule has 0 saturated carbocycles. The number of phenolic OH excluding ortho intramolecular Hbond substituents is 1. The van der Waals surface area contributed by atoms with Crippen molar-refractivity contribution < 1.29 is 14.7 Å². The van der Waals surface area contributed by atoms with Gasteiger partial charge in [0.05, 0.1) is 0 Å². The molecule has 0 aliphatic carbocycles. The van der Waals surface area contributed by atoms with Crippen molar-refractivity contribution in [1.82, 2.24) is 0 Å². The minimum Gasteiger partial charge on any atom is -0.508 e. The molecule has 1 aliphatic heterocycles. The summed E-state index contributed by atoms with van der Waals surface area (Å²) in [6, 6.07) is 21.4. The van der Waals surface area contributed by atoms with Crippen molar-refractivity contribution in [3.63, 3.8) is 0 Å². The third-order valence-corrected chi connectivity index (χ3v) is 4.93. The molecule has 1 amide bonds. The zero-order chi connectivity index (χ0) is 18.3. The summed E-state index contributed by atoms with van der Waals surface area (Å²) >= 11 is 0. The molecule has 128 valence electrons. The molecule has 4 rings (SSSR count). The normalized spacial score (nSPS) is 18.3. The average molecular weight is 343 g/mol. The van der Waals surface area contributed by atoms with Crippen molar-refractivity contribution >= 4 is 17.4 Å². The highest BCUT2D eigenvalue weighted by molar-refractivity contribution is 6.12. The largest absolute Gasteiger partial charge is 0.508 e. The smallest absolute Gasteiger partial charge is 0.244 e. The number of rotatable bonds is 3. The number of hydrogen-bond acceptors (Lipinski definition) is 3. The minimum absolute atomic E-state index is 0.0225. The van der Waals surface area contributed by atoms with Crippen LogP contribution in [-0.2, 0) is 10.2 Å². The number of phenols is 1. The molecule has 0 aromatic heterocycles. The summed E-state index contributed by atoms with van der Waals surface area (Å²) in [5, 5.41) is 13.6. The van der Waals surface area contributed by atoms with E-state index in [1.807, 2.05) is 54.6 Å². The summed E-state index contributed by atoms with van der Waals surface area (Å²) in [6.07, 6.45) is 0. The number of amides is 1. The van der Waals surface area contributed by atoms with Crippen LogP contribution in [0.2, 0.25) is 0 Å². The van der Waals surface area contributed by atoms with Crippen LogP contribution < -0.4 is 5.32 Å². The summed E-state index contributed by atoms with van der Waals surface area (Å²) < 4.78 is 0. The molecule has 1 heterocycles. The Morgan fingerprint density at radius 3 is 2.35 bits per heavy atom. The number of ketones is 1. The summed E-state index contributed by atoms with van der Waals surface area (Å²) in [5.41, 5.74) is 1.83. The minimum atomic E-state index is -1.21. The lowest BCUT2D eigenvalue weighted by molar-refractivity contribution is -0.118. The van der Waals surface area contributed by atoms with Gasteiger partial charge in [-0.1, -0.05) is 48.5 Å². The summed E-state index contributed by atoms with van der Waals surface area (Å²) in [6.45, 7) is 1.47. The summed E-state index contributed by atoms with van der Waals surface area (Å²) in [5.74, 6) is -0.396. The Bertz CT molecular complexity index is 1030. The lowest BCUT2D eigenvalue weighted by atomic mass is 9.69. The van der Waals surface area contributed by atoms with Crippen LogP contribution in [0.5, 0.6) is 5.75 Å². The lowest BCUT2D eigenvalue weighted by Crippen LogP contribution is -2.37. The van der Waals surface area contributed by atoms with Crippen LogP contribution in [0.25, 0.3) is 0 Å². The molecule has 0 bridgehead atoms.